The Balaban J connectivity index is 1.87. The molecule has 2 heteroatoms. The first-order valence-corrected chi connectivity index (χ1v) is 7.86. The average molecular weight is 273 g/mol. The molecular formula is C18H27NO. The number of para-hydroxylation sites is 1. The molecule has 2 rings (SSSR count). The zero-order valence-corrected chi connectivity index (χ0v) is 12.6. The second-order valence-electron chi connectivity index (χ2n) is 5.78. The van der Waals surface area contributed by atoms with E-state index in [1.165, 1.54) is 37.7 Å². The Labute approximate surface area is 123 Å². The van der Waals surface area contributed by atoms with Crippen molar-refractivity contribution in [3.63, 3.8) is 0 Å². The van der Waals surface area contributed by atoms with Gasteiger partial charge in [0, 0.05) is 18.2 Å². The molecule has 1 aromatic rings. The van der Waals surface area contributed by atoms with Gasteiger partial charge in [0.05, 0.1) is 0 Å². The summed E-state index contributed by atoms with van der Waals surface area (Å²) in [4.78, 5) is 0. The molecule has 0 bridgehead atoms. The Bertz CT molecular complexity index is 410. The summed E-state index contributed by atoms with van der Waals surface area (Å²) in [6.07, 6.45) is 8.76. The predicted octanol–water partition coefficient (Wildman–Crippen LogP) is 4.31. The smallest absolute Gasteiger partial charge is 0.124 e. The normalized spacial score (nSPS) is 17.6. The standard InChI is InChI=1S/C18H27NO/c1-3-13-20-18-12-8-7-11-17(18)14-19-15(2)16-9-5-4-6-10-16/h3,7-8,11-12,15-16,19H,1,4-6,9-10,13-14H2,2H3/t15-/m0/s1. The first-order valence-electron chi connectivity index (χ1n) is 7.86. The molecular weight excluding hydrogens is 246 g/mol. The maximum absolute atomic E-state index is 5.71. The maximum atomic E-state index is 5.71. The minimum absolute atomic E-state index is 0.565. The van der Waals surface area contributed by atoms with Crippen LogP contribution in [0.3, 0.4) is 0 Å². The molecule has 0 amide bonds. The number of rotatable bonds is 7. The monoisotopic (exact) mass is 273 g/mol. The van der Waals surface area contributed by atoms with Gasteiger partial charge in [0.15, 0.2) is 0 Å². The van der Waals surface area contributed by atoms with Crippen LogP contribution in [-0.4, -0.2) is 12.6 Å². The summed E-state index contributed by atoms with van der Waals surface area (Å²) in [6.45, 7) is 7.47. The van der Waals surface area contributed by atoms with Crippen molar-refractivity contribution in [3.05, 3.63) is 42.5 Å². The van der Waals surface area contributed by atoms with Crippen LogP contribution in [0.5, 0.6) is 5.75 Å². The van der Waals surface area contributed by atoms with Crippen LogP contribution in [0.1, 0.15) is 44.6 Å². The molecule has 0 spiro atoms. The van der Waals surface area contributed by atoms with Gasteiger partial charge in [-0.15, -0.1) is 0 Å². The van der Waals surface area contributed by atoms with Gasteiger partial charge in [-0.05, 0) is 31.7 Å². The molecule has 1 N–H and O–H groups in total. The van der Waals surface area contributed by atoms with Gasteiger partial charge in [-0.3, -0.25) is 0 Å². The molecule has 110 valence electrons. The number of hydrogen-bond donors (Lipinski definition) is 1. The van der Waals surface area contributed by atoms with Crippen LogP contribution in [0.2, 0.25) is 0 Å². The number of nitrogens with one attached hydrogen (secondary N) is 1. The van der Waals surface area contributed by atoms with Crippen molar-refractivity contribution in [3.8, 4) is 5.75 Å². The summed E-state index contributed by atoms with van der Waals surface area (Å²) in [7, 11) is 0. The SMILES string of the molecule is C=CCOc1ccccc1CN[C@@H](C)C1CCCCC1. The van der Waals surface area contributed by atoms with E-state index < -0.39 is 0 Å². The second kappa shape index (κ2) is 8.11. The molecule has 1 aromatic carbocycles. The minimum atomic E-state index is 0.565. The van der Waals surface area contributed by atoms with Crippen molar-refractivity contribution < 1.29 is 4.74 Å². The van der Waals surface area contributed by atoms with Gasteiger partial charge in [0.2, 0.25) is 0 Å². The van der Waals surface area contributed by atoms with Crippen LogP contribution in [-0.2, 0) is 6.54 Å². The van der Waals surface area contributed by atoms with Gasteiger partial charge in [-0.2, -0.15) is 0 Å². The molecule has 0 saturated heterocycles. The third-order valence-electron chi connectivity index (χ3n) is 4.30. The third-order valence-corrected chi connectivity index (χ3v) is 4.30. The Kier molecular flexibility index (Phi) is 6.13. The zero-order valence-electron chi connectivity index (χ0n) is 12.6. The molecule has 0 aromatic heterocycles. The van der Waals surface area contributed by atoms with Crippen LogP contribution < -0.4 is 10.1 Å². The van der Waals surface area contributed by atoms with Gasteiger partial charge < -0.3 is 10.1 Å². The maximum Gasteiger partial charge on any atom is 0.124 e. The van der Waals surface area contributed by atoms with Crippen molar-refractivity contribution in [1.29, 1.82) is 0 Å². The van der Waals surface area contributed by atoms with E-state index in [1.807, 2.05) is 12.1 Å². The molecule has 20 heavy (non-hydrogen) atoms. The van der Waals surface area contributed by atoms with E-state index in [1.54, 1.807) is 6.08 Å². The molecule has 0 unspecified atom stereocenters. The Morgan fingerprint density at radius 1 is 1.30 bits per heavy atom. The van der Waals surface area contributed by atoms with E-state index in [0.29, 0.717) is 12.6 Å². The van der Waals surface area contributed by atoms with Crippen LogP contribution >= 0.6 is 0 Å². The first-order chi connectivity index (χ1) is 9.81. The summed E-state index contributed by atoms with van der Waals surface area (Å²) in [6, 6.07) is 8.85. The van der Waals surface area contributed by atoms with E-state index in [4.69, 9.17) is 4.74 Å². The Hall–Kier alpha value is -1.28. The molecule has 1 aliphatic rings. The fraction of sp³-hybridized carbons (Fsp3) is 0.556. The summed E-state index contributed by atoms with van der Waals surface area (Å²) < 4.78 is 5.71. The topological polar surface area (TPSA) is 21.3 Å². The largest absolute Gasteiger partial charge is 0.489 e. The van der Waals surface area contributed by atoms with Gasteiger partial charge in [-0.25, -0.2) is 0 Å². The van der Waals surface area contributed by atoms with Crippen molar-refractivity contribution in [2.24, 2.45) is 5.92 Å². The predicted molar refractivity (Wildman–Crippen MR) is 85.0 cm³/mol. The second-order valence-corrected chi connectivity index (χ2v) is 5.78. The molecule has 0 aliphatic heterocycles. The van der Waals surface area contributed by atoms with Crippen LogP contribution in [0, 0.1) is 5.92 Å². The highest BCUT2D eigenvalue weighted by Gasteiger charge is 2.19. The Morgan fingerprint density at radius 2 is 2.05 bits per heavy atom. The number of hydrogen-bond acceptors (Lipinski definition) is 2. The third kappa shape index (κ3) is 4.38. The van der Waals surface area contributed by atoms with E-state index in [9.17, 15) is 0 Å². The zero-order chi connectivity index (χ0) is 14.2. The molecule has 1 aliphatic carbocycles. The van der Waals surface area contributed by atoms with E-state index in [2.05, 4.69) is 31.0 Å². The summed E-state index contributed by atoms with van der Waals surface area (Å²) in [5.41, 5.74) is 1.23. The summed E-state index contributed by atoms with van der Waals surface area (Å²) >= 11 is 0. The molecule has 0 heterocycles. The van der Waals surface area contributed by atoms with Crippen molar-refractivity contribution in [1.82, 2.24) is 5.32 Å². The Morgan fingerprint density at radius 3 is 2.80 bits per heavy atom. The fourth-order valence-electron chi connectivity index (χ4n) is 3.01. The molecule has 1 fully saturated rings. The minimum Gasteiger partial charge on any atom is -0.489 e. The van der Waals surface area contributed by atoms with E-state index in [-0.39, 0.29) is 0 Å². The van der Waals surface area contributed by atoms with Crippen molar-refractivity contribution in [2.45, 2.75) is 51.6 Å². The molecule has 1 saturated carbocycles. The highest BCUT2D eigenvalue weighted by Crippen LogP contribution is 2.27. The lowest BCUT2D eigenvalue weighted by molar-refractivity contribution is 0.279. The molecule has 0 radical (unpaired) electrons. The lowest BCUT2D eigenvalue weighted by Gasteiger charge is -2.28. The van der Waals surface area contributed by atoms with Crippen molar-refractivity contribution in [2.75, 3.05) is 6.61 Å². The van der Waals surface area contributed by atoms with E-state index in [0.717, 1.165) is 18.2 Å². The first kappa shape index (κ1) is 15.1. The van der Waals surface area contributed by atoms with Gasteiger partial charge in [-0.1, -0.05) is 50.1 Å². The molecule has 1 atom stereocenters. The van der Waals surface area contributed by atoms with Crippen molar-refractivity contribution >= 4 is 0 Å². The summed E-state index contributed by atoms with van der Waals surface area (Å²) in [5.74, 6) is 1.81. The summed E-state index contributed by atoms with van der Waals surface area (Å²) in [5, 5.41) is 3.68. The van der Waals surface area contributed by atoms with Crippen LogP contribution in [0.15, 0.2) is 36.9 Å². The lowest BCUT2D eigenvalue weighted by atomic mass is 9.84. The van der Waals surface area contributed by atoms with Gasteiger partial charge in [0.25, 0.3) is 0 Å². The van der Waals surface area contributed by atoms with Gasteiger partial charge in [0.1, 0.15) is 12.4 Å². The highest BCUT2D eigenvalue weighted by molar-refractivity contribution is 5.33. The average Bonchev–Trinajstić information content (AvgIpc) is 2.52. The number of benzene rings is 1. The highest BCUT2D eigenvalue weighted by atomic mass is 16.5. The van der Waals surface area contributed by atoms with E-state index >= 15 is 0 Å². The lowest BCUT2D eigenvalue weighted by Crippen LogP contribution is -2.34. The van der Waals surface area contributed by atoms with Crippen LogP contribution in [0.4, 0.5) is 0 Å². The van der Waals surface area contributed by atoms with Crippen LogP contribution in [0.25, 0.3) is 0 Å². The van der Waals surface area contributed by atoms with Gasteiger partial charge >= 0.3 is 0 Å². The fourth-order valence-corrected chi connectivity index (χ4v) is 3.01. The number of ether oxygens (including phenoxy) is 1. The quantitative estimate of drug-likeness (QED) is 0.747. The molecule has 2 nitrogen and oxygen atoms in total.